The number of cyclic esters (lactones) is 1. The number of ether oxygens (including phenoxy) is 5. The van der Waals surface area contributed by atoms with Crippen LogP contribution in [0.5, 0.6) is 0 Å². The minimum Gasteiger partial charge on any atom is -0.460 e. The molecule has 0 aromatic carbocycles. The molecule has 1 saturated carbocycles. The number of methoxy groups -OCH3 is 3. The van der Waals surface area contributed by atoms with E-state index in [-0.39, 0.29) is 60.4 Å². The summed E-state index contributed by atoms with van der Waals surface area (Å²) >= 11 is 0. The molecular weight excluding hydrogens is 838 g/mol. The molecule has 13 nitrogen and oxygen atoms in total. The maximum Gasteiger partial charge on any atom is 0.329 e. The van der Waals surface area contributed by atoms with Gasteiger partial charge in [-0.25, -0.2) is 9.18 Å². The number of allylic oxidation sites excluding steroid dienone is 7. The molecule has 4 aliphatic rings. The molecule has 1 amide bonds. The highest BCUT2D eigenvalue weighted by Gasteiger charge is 2.53. The van der Waals surface area contributed by atoms with Crippen molar-refractivity contribution in [1.82, 2.24) is 4.90 Å². The highest BCUT2D eigenvalue weighted by Crippen LogP contribution is 2.38. The fraction of sp³-hybridized carbons (Fsp3) is 0.745. The molecule has 15 atom stereocenters. The second kappa shape index (κ2) is 25.1. The van der Waals surface area contributed by atoms with Crippen molar-refractivity contribution in [2.75, 3.05) is 27.9 Å². The van der Waals surface area contributed by atoms with Crippen LogP contribution in [0.25, 0.3) is 0 Å². The summed E-state index contributed by atoms with van der Waals surface area (Å²) in [6.07, 6.45) is 9.99. The van der Waals surface area contributed by atoms with Gasteiger partial charge in [-0.3, -0.25) is 19.2 Å². The number of hydrogen-bond acceptors (Lipinski definition) is 12. The number of fused-ring (bicyclic) bond motifs is 3. The van der Waals surface area contributed by atoms with E-state index in [9.17, 15) is 34.2 Å². The topological polar surface area (TPSA) is 175 Å². The van der Waals surface area contributed by atoms with Crippen LogP contribution in [-0.4, -0.2) is 127 Å². The van der Waals surface area contributed by atoms with Crippen molar-refractivity contribution in [1.29, 1.82) is 0 Å². The number of alkyl halides is 1. The summed E-state index contributed by atoms with van der Waals surface area (Å²) in [6.45, 7) is 12.4. The lowest BCUT2D eigenvalue weighted by Gasteiger charge is -2.42. The van der Waals surface area contributed by atoms with Gasteiger partial charge in [0.15, 0.2) is 11.6 Å². The van der Waals surface area contributed by atoms with E-state index in [2.05, 4.69) is 0 Å². The lowest BCUT2D eigenvalue weighted by molar-refractivity contribution is -0.265. The fourth-order valence-electron chi connectivity index (χ4n) is 10.1. The predicted octanol–water partition coefficient (Wildman–Crippen LogP) is 7.16. The molecule has 1 aliphatic carbocycles. The summed E-state index contributed by atoms with van der Waals surface area (Å²) < 4.78 is 45.4. The number of nitrogens with zero attached hydrogens (tertiary/aromatic N) is 1. The van der Waals surface area contributed by atoms with Crippen molar-refractivity contribution in [3.8, 4) is 0 Å². The second-order valence-corrected chi connectivity index (χ2v) is 19.6. The number of rotatable bonds is 6. The van der Waals surface area contributed by atoms with Crippen LogP contribution < -0.4 is 0 Å². The Hall–Kier alpha value is -3.40. The summed E-state index contributed by atoms with van der Waals surface area (Å²) in [6, 6.07) is -1.16. The molecule has 0 radical (unpaired) electrons. The van der Waals surface area contributed by atoms with Gasteiger partial charge in [-0.1, -0.05) is 71.1 Å². The Bertz CT molecular complexity index is 1760. The number of amides is 1. The number of aliphatic hydroxyl groups is 2. The Morgan fingerprint density at radius 2 is 1.62 bits per heavy atom. The molecule has 65 heavy (non-hydrogen) atoms. The van der Waals surface area contributed by atoms with Gasteiger partial charge in [0.2, 0.25) is 5.79 Å². The summed E-state index contributed by atoms with van der Waals surface area (Å²) in [5, 5.41) is 22.4. The van der Waals surface area contributed by atoms with Gasteiger partial charge in [0.05, 0.1) is 24.4 Å². The summed E-state index contributed by atoms with van der Waals surface area (Å²) in [5.41, 5.74) is 1.10. The fourth-order valence-corrected chi connectivity index (χ4v) is 10.1. The van der Waals surface area contributed by atoms with Crippen LogP contribution in [0.3, 0.4) is 0 Å². The van der Waals surface area contributed by atoms with Crippen molar-refractivity contribution in [3.05, 3.63) is 47.6 Å². The van der Waals surface area contributed by atoms with Crippen LogP contribution >= 0.6 is 0 Å². The Labute approximate surface area is 386 Å². The quantitative estimate of drug-likeness (QED) is 0.204. The Kier molecular flexibility index (Phi) is 20.9. The smallest absolute Gasteiger partial charge is 0.329 e. The molecule has 3 aliphatic heterocycles. The van der Waals surface area contributed by atoms with E-state index in [1.807, 2.05) is 51.2 Å². The first-order valence-corrected chi connectivity index (χ1v) is 23.9. The number of ketones is 3. The Balaban J connectivity index is 1.70. The van der Waals surface area contributed by atoms with E-state index >= 15 is 4.39 Å². The number of hydrogen-bond donors (Lipinski definition) is 2. The molecular formula is C51H78FNO12. The third kappa shape index (κ3) is 14.3. The summed E-state index contributed by atoms with van der Waals surface area (Å²) in [7, 11) is 4.43. The first-order valence-electron chi connectivity index (χ1n) is 23.9. The third-order valence-electron chi connectivity index (χ3n) is 14.4. The minimum atomic E-state index is -2.44. The van der Waals surface area contributed by atoms with E-state index < -0.39 is 83.9 Å². The zero-order valence-corrected chi connectivity index (χ0v) is 40.5. The van der Waals surface area contributed by atoms with Crippen LogP contribution in [0, 0.1) is 35.5 Å². The van der Waals surface area contributed by atoms with Crippen molar-refractivity contribution < 1.29 is 62.3 Å². The van der Waals surface area contributed by atoms with E-state index in [1.54, 1.807) is 41.9 Å². The molecule has 4 rings (SSSR count). The summed E-state index contributed by atoms with van der Waals surface area (Å²) in [5.74, 6) is -8.56. The first kappa shape index (κ1) is 54.2. The number of Topliss-reactive ketones (excluding diaryl/α,β-unsaturated/α-hetero) is 3. The average molecular weight is 916 g/mol. The zero-order chi connectivity index (χ0) is 48.2. The molecule has 3 fully saturated rings. The number of piperidine rings is 1. The molecule has 2 bridgehead atoms. The highest BCUT2D eigenvalue weighted by atomic mass is 19.1. The number of aliphatic hydroxyl groups excluding tert-OH is 1. The van der Waals surface area contributed by atoms with Crippen molar-refractivity contribution in [3.63, 3.8) is 0 Å². The van der Waals surface area contributed by atoms with E-state index in [4.69, 9.17) is 23.7 Å². The number of halogens is 1. The van der Waals surface area contributed by atoms with Crippen LogP contribution in [0.1, 0.15) is 126 Å². The lowest BCUT2D eigenvalue weighted by Crippen LogP contribution is -2.61. The van der Waals surface area contributed by atoms with E-state index in [0.29, 0.717) is 64.2 Å². The van der Waals surface area contributed by atoms with Crippen LogP contribution in [0.4, 0.5) is 4.39 Å². The van der Waals surface area contributed by atoms with Gasteiger partial charge in [0.25, 0.3) is 11.7 Å². The van der Waals surface area contributed by atoms with Crippen LogP contribution in [-0.2, 0) is 47.7 Å². The van der Waals surface area contributed by atoms with Crippen molar-refractivity contribution in [2.24, 2.45) is 35.5 Å². The largest absolute Gasteiger partial charge is 0.460 e. The monoisotopic (exact) mass is 916 g/mol. The van der Waals surface area contributed by atoms with E-state index in [1.165, 1.54) is 18.1 Å². The predicted molar refractivity (Wildman–Crippen MR) is 244 cm³/mol. The SMILES string of the molecule is COC1CC2CCC(C)C(O)(O2)C(=O)C(=O)N2CCCCC2C(=O)OC(C(C)CC2CCC(O)C(OC)C2)CC(=O)C(C)=CC(C)C(F)C(OC)C(=O)C(C)CC(C)C=CC=CC=C1C. The highest BCUT2D eigenvalue weighted by molar-refractivity contribution is 6.39. The molecule has 2 N–H and O–H groups in total. The molecule has 15 unspecified atom stereocenters. The lowest BCUT2D eigenvalue weighted by atomic mass is 9.78. The van der Waals surface area contributed by atoms with Gasteiger partial charge in [-0.05, 0) is 107 Å². The Morgan fingerprint density at radius 3 is 2.29 bits per heavy atom. The van der Waals surface area contributed by atoms with Crippen molar-refractivity contribution >= 4 is 29.2 Å². The number of carbonyl (C=O) groups excluding carboxylic acids is 5. The first-order chi connectivity index (χ1) is 30.7. The molecule has 0 spiro atoms. The standard InChI is InChI=1S/C51H78FNO12/c1-30-16-12-11-13-17-31(2)42(61-8)28-38-21-19-36(7)51(60,65-38)48(57)49(58)53-23-15-14-18-39(53)50(59)64-43(33(4)26-37-20-22-40(54)44(27-37)62-9)29-41(55)32(3)25-34(5)45(52)47(63-10)46(56)35(6)24-30/h11-13,16-17,25,30,33-40,42-45,47,54,60H,14-15,18-24,26-29H2,1-10H3. The molecule has 2 saturated heterocycles. The van der Waals surface area contributed by atoms with Gasteiger partial charge in [-0.15, -0.1) is 0 Å². The van der Waals surface area contributed by atoms with Crippen molar-refractivity contribution in [2.45, 2.75) is 180 Å². The minimum absolute atomic E-state index is 0.0188. The molecule has 0 aromatic heterocycles. The molecule has 0 aromatic rings. The Morgan fingerprint density at radius 1 is 0.892 bits per heavy atom. The zero-order valence-electron chi connectivity index (χ0n) is 40.5. The van der Waals surface area contributed by atoms with Gasteiger partial charge in [0.1, 0.15) is 24.4 Å². The molecule has 14 heteroatoms. The average Bonchev–Trinajstić information content (AvgIpc) is 3.28. The maximum atomic E-state index is 16.2. The molecule has 366 valence electrons. The maximum absolute atomic E-state index is 16.2. The van der Waals surface area contributed by atoms with Gasteiger partial charge >= 0.3 is 5.97 Å². The van der Waals surface area contributed by atoms with Gasteiger partial charge in [-0.2, -0.15) is 0 Å². The normalized spacial score (nSPS) is 37.8. The number of esters is 1. The van der Waals surface area contributed by atoms with E-state index in [0.717, 1.165) is 5.57 Å². The molecule has 3 heterocycles. The van der Waals surface area contributed by atoms with Crippen LogP contribution in [0.15, 0.2) is 47.6 Å². The third-order valence-corrected chi connectivity index (χ3v) is 14.4. The summed E-state index contributed by atoms with van der Waals surface area (Å²) in [4.78, 5) is 71.6. The van der Waals surface area contributed by atoms with Crippen LogP contribution in [0.2, 0.25) is 0 Å². The van der Waals surface area contributed by atoms with Gasteiger partial charge in [0, 0.05) is 58.5 Å². The van der Waals surface area contributed by atoms with Gasteiger partial charge < -0.3 is 38.8 Å². The second-order valence-electron chi connectivity index (χ2n) is 19.6. The number of carbonyl (C=O) groups is 5.